The van der Waals surface area contributed by atoms with Gasteiger partial charge in [-0.1, -0.05) is 29.0 Å². The minimum atomic E-state index is -3.92. The van der Waals surface area contributed by atoms with Crippen LogP contribution < -0.4 is 10.0 Å². The fraction of sp³-hybridized carbons (Fsp3) is 0.111. The van der Waals surface area contributed by atoms with E-state index in [1.807, 2.05) is 19.1 Å². The zero-order chi connectivity index (χ0) is 19.6. The average molecular weight is 405 g/mol. The van der Waals surface area contributed by atoms with E-state index < -0.39 is 15.8 Å². The fourth-order valence-electron chi connectivity index (χ4n) is 2.26. The molecule has 3 rings (SSSR count). The second-order valence-corrected chi connectivity index (χ2v) is 8.49. The molecule has 0 fully saturated rings. The summed E-state index contributed by atoms with van der Waals surface area (Å²) in [5, 5.41) is 2.81. The van der Waals surface area contributed by atoms with Crippen LogP contribution in [-0.4, -0.2) is 19.3 Å². The van der Waals surface area contributed by atoms with Crippen molar-refractivity contribution in [2.24, 2.45) is 0 Å². The highest BCUT2D eigenvalue weighted by Crippen LogP contribution is 2.26. The molecule has 6 nitrogen and oxygen atoms in total. The Kier molecular flexibility index (Phi) is 5.24. The van der Waals surface area contributed by atoms with Gasteiger partial charge in [0.1, 0.15) is 10.7 Å². The van der Waals surface area contributed by atoms with Crippen LogP contribution in [0.4, 0.5) is 15.2 Å². The van der Waals surface area contributed by atoms with E-state index in [1.54, 1.807) is 19.1 Å². The van der Waals surface area contributed by atoms with E-state index in [9.17, 15) is 17.6 Å². The van der Waals surface area contributed by atoms with Gasteiger partial charge in [0.25, 0.3) is 15.9 Å². The number of benzene rings is 2. The van der Waals surface area contributed by atoms with E-state index in [1.165, 1.54) is 0 Å². The molecule has 0 aliphatic heterocycles. The number of nitrogens with one attached hydrogen (secondary N) is 2. The van der Waals surface area contributed by atoms with E-state index in [0.717, 1.165) is 41.2 Å². The van der Waals surface area contributed by atoms with E-state index in [4.69, 9.17) is 0 Å². The molecule has 140 valence electrons. The van der Waals surface area contributed by atoms with Crippen LogP contribution in [0, 0.1) is 19.7 Å². The van der Waals surface area contributed by atoms with Crippen molar-refractivity contribution in [3.63, 3.8) is 0 Å². The number of nitrogens with zero attached hydrogens (tertiary/aromatic N) is 1. The van der Waals surface area contributed by atoms with Crippen molar-refractivity contribution in [2.45, 2.75) is 18.7 Å². The Morgan fingerprint density at radius 2 is 1.67 bits per heavy atom. The van der Waals surface area contributed by atoms with Crippen LogP contribution in [0.15, 0.2) is 53.4 Å². The number of thiazole rings is 1. The molecule has 27 heavy (non-hydrogen) atoms. The van der Waals surface area contributed by atoms with Crippen molar-refractivity contribution in [3.05, 3.63) is 70.5 Å². The third-order valence-corrected chi connectivity index (χ3v) is 6.21. The summed E-state index contributed by atoms with van der Waals surface area (Å²) in [5.74, 6) is -0.907. The highest BCUT2D eigenvalue weighted by atomic mass is 32.2. The number of hydrogen-bond donors (Lipinski definition) is 2. The molecule has 0 bridgehead atoms. The smallest absolute Gasteiger partial charge is 0.267 e. The molecule has 0 aliphatic rings. The monoisotopic (exact) mass is 405 g/mol. The predicted molar refractivity (Wildman–Crippen MR) is 103 cm³/mol. The summed E-state index contributed by atoms with van der Waals surface area (Å²) in [4.78, 5) is 16.8. The molecule has 0 saturated heterocycles. The van der Waals surface area contributed by atoms with Gasteiger partial charge in [0.15, 0.2) is 5.13 Å². The van der Waals surface area contributed by atoms with E-state index in [-0.39, 0.29) is 15.9 Å². The molecule has 0 saturated carbocycles. The molecule has 2 aromatic carbocycles. The van der Waals surface area contributed by atoms with Crippen molar-refractivity contribution in [1.29, 1.82) is 0 Å². The zero-order valence-electron chi connectivity index (χ0n) is 14.5. The standard InChI is InChI=1S/C18H16FN3O3S2/c1-11-3-7-14(8-4-11)21-17(23)16-12(2)20-18(26-16)22-27(24,25)15-9-5-13(19)6-10-15/h3-10H,1-2H3,(H,20,22)(H,21,23). The Morgan fingerprint density at radius 1 is 1.04 bits per heavy atom. The minimum absolute atomic E-state index is 0.0610. The lowest BCUT2D eigenvalue weighted by Crippen LogP contribution is -2.12. The van der Waals surface area contributed by atoms with Gasteiger partial charge in [-0.15, -0.1) is 0 Å². The molecule has 1 heterocycles. The van der Waals surface area contributed by atoms with Crippen molar-refractivity contribution < 1.29 is 17.6 Å². The number of aryl methyl sites for hydroxylation is 2. The first-order valence-electron chi connectivity index (χ1n) is 7.88. The minimum Gasteiger partial charge on any atom is -0.321 e. The molecule has 0 spiro atoms. The Bertz CT molecular complexity index is 1080. The largest absolute Gasteiger partial charge is 0.321 e. The number of aromatic nitrogens is 1. The van der Waals surface area contributed by atoms with E-state index in [0.29, 0.717) is 16.3 Å². The lowest BCUT2D eigenvalue weighted by molar-refractivity contribution is 0.103. The number of hydrogen-bond acceptors (Lipinski definition) is 5. The number of sulfonamides is 1. The topological polar surface area (TPSA) is 88.2 Å². The van der Waals surface area contributed by atoms with Gasteiger partial charge in [0.05, 0.1) is 10.6 Å². The van der Waals surface area contributed by atoms with Gasteiger partial charge in [-0.05, 0) is 50.2 Å². The molecule has 0 aliphatic carbocycles. The van der Waals surface area contributed by atoms with Gasteiger partial charge in [-0.2, -0.15) is 0 Å². The number of amides is 1. The predicted octanol–water partition coefficient (Wildman–Crippen LogP) is 3.95. The second-order valence-electron chi connectivity index (χ2n) is 5.81. The molecule has 0 atom stereocenters. The van der Waals surface area contributed by atoms with Crippen LogP contribution in [-0.2, 0) is 10.0 Å². The number of rotatable bonds is 5. The zero-order valence-corrected chi connectivity index (χ0v) is 16.1. The highest BCUT2D eigenvalue weighted by molar-refractivity contribution is 7.93. The first kappa shape index (κ1) is 19.0. The van der Waals surface area contributed by atoms with E-state index in [2.05, 4.69) is 15.0 Å². The number of carbonyl (C=O) groups excluding carboxylic acids is 1. The van der Waals surface area contributed by atoms with Gasteiger partial charge >= 0.3 is 0 Å². The van der Waals surface area contributed by atoms with Gasteiger partial charge in [0, 0.05) is 5.69 Å². The number of carbonyl (C=O) groups is 1. The lowest BCUT2D eigenvalue weighted by Gasteiger charge is -2.05. The number of anilines is 2. The summed E-state index contributed by atoms with van der Waals surface area (Å²) in [6.07, 6.45) is 0. The van der Waals surface area contributed by atoms with Crippen molar-refractivity contribution in [3.8, 4) is 0 Å². The maximum atomic E-state index is 13.0. The average Bonchev–Trinajstić information content (AvgIpc) is 2.97. The van der Waals surface area contributed by atoms with Crippen LogP contribution >= 0.6 is 11.3 Å². The van der Waals surface area contributed by atoms with Crippen LogP contribution in [0.25, 0.3) is 0 Å². The Hall–Kier alpha value is -2.78. The molecule has 1 amide bonds. The molecule has 0 unspecified atom stereocenters. The van der Waals surface area contributed by atoms with Crippen LogP contribution in [0.3, 0.4) is 0 Å². The van der Waals surface area contributed by atoms with Gasteiger partial charge in [0.2, 0.25) is 0 Å². The number of halogens is 1. The summed E-state index contributed by atoms with van der Waals surface area (Å²) in [6, 6.07) is 11.7. The molecular formula is C18H16FN3O3S2. The molecule has 3 aromatic rings. The first-order chi connectivity index (χ1) is 12.7. The molecule has 0 radical (unpaired) electrons. The van der Waals surface area contributed by atoms with Crippen molar-refractivity contribution in [1.82, 2.24) is 4.98 Å². The third kappa shape index (κ3) is 4.50. The van der Waals surface area contributed by atoms with Gasteiger partial charge < -0.3 is 5.32 Å². The second kappa shape index (κ2) is 7.45. The van der Waals surface area contributed by atoms with Crippen molar-refractivity contribution in [2.75, 3.05) is 10.0 Å². The third-order valence-electron chi connectivity index (χ3n) is 3.66. The maximum Gasteiger partial charge on any atom is 0.267 e. The lowest BCUT2D eigenvalue weighted by atomic mass is 10.2. The van der Waals surface area contributed by atoms with Crippen LogP contribution in [0.5, 0.6) is 0 Å². The maximum absolute atomic E-state index is 13.0. The summed E-state index contributed by atoms with van der Waals surface area (Å²) in [7, 11) is -3.92. The molecule has 9 heteroatoms. The SMILES string of the molecule is Cc1ccc(NC(=O)c2sc(NS(=O)(=O)c3ccc(F)cc3)nc2C)cc1. The normalized spacial score (nSPS) is 11.2. The summed E-state index contributed by atoms with van der Waals surface area (Å²) >= 11 is 0.927. The highest BCUT2D eigenvalue weighted by Gasteiger charge is 2.20. The molecule has 2 N–H and O–H groups in total. The van der Waals surface area contributed by atoms with Gasteiger partial charge in [-0.3, -0.25) is 9.52 Å². The summed E-state index contributed by atoms with van der Waals surface area (Å²) < 4.78 is 40.0. The molecule has 1 aromatic heterocycles. The molecular weight excluding hydrogens is 389 g/mol. The Labute approximate surface area is 160 Å². The van der Waals surface area contributed by atoms with Crippen molar-refractivity contribution >= 4 is 38.1 Å². The first-order valence-corrected chi connectivity index (χ1v) is 10.2. The van der Waals surface area contributed by atoms with E-state index >= 15 is 0 Å². The van der Waals surface area contributed by atoms with Crippen LogP contribution in [0.1, 0.15) is 20.9 Å². The fourth-order valence-corrected chi connectivity index (χ4v) is 4.36. The van der Waals surface area contributed by atoms with Crippen LogP contribution in [0.2, 0.25) is 0 Å². The quantitative estimate of drug-likeness (QED) is 0.673. The summed E-state index contributed by atoms with van der Waals surface area (Å²) in [5.41, 5.74) is 2.10. The van der Waals surface area contributed by atoms with Gasteiger partial charge in [-0.25, -0.2) is 17.8 Å². The Balaban J connectivity index is 1.78. The Morgan fingerprint density at radius 3 is 2.30 bits per heavy atom. The summed E-state index contributed by atoms with van der Waals surface area (Å²) in [6.45, 7) is 3.56.